The van der Waals surface area contributed by atoms with Crippen molar-refractivity contribution in [1.29, 1.82) is 0 Å². The van der Waals surface area contributed by atoms with Gasteiger partial charge in [0.15, 0.2) is 0 Å². The highest BCUT2D eigenvalue weighted by atomic mass is 32.1. The average molecular weight is 366 g/mol. The van der Waals surface area contributed by atoms with E-state index in [4.69, 9.17) is 4.74 Å². The molecule has 0 N–H and O–H groups in total. The van der Waals surface area contributed by atoms with Gasteiger partial charge >= 0.3 is 5.97 Å². The predicted octanol–water partition coefficient (Wildman–Crippen LogP) is 4.17. The molecule has 3 rings (SSSR count). The zero-order valence-corrected chi connectivity index (χ0v) is 15.1. The highest BCUT2D eigenvalue weighted by Gasteiger charge is 2.19. The number of carbonyl (C=O) groups excluding carboxylic acids is 2. The molecule has 0 aliphatic carbocycles. The molecule has 0 saturated heterocycles. The molecule has 1 amide bonds. The quantitative estimate of drug-likeness (QED) is 0.615. The van der Waals surface area contributed by atoms with Gasteiger partial charge in [-0.3, -0.25) is 9.78 Å². The minimum Gasteiger partial charge on any atom is -0.462 e. The van der Waals surface area contributed by atoms with E-state index >= 15 is 0 Å². The summed E-state index contributed by atoms with van der Waals surface area (Å²) in [6.07, 6.45) is 3.40. The van der Waals surface area contributed by atoms with Gasteiger partial charge in [0.05, 0.1) is 23.6 Å². The number of rotatable bonds is 6. The number of ether oxygens (including phenoxy) is 1. The van der Waals surface area contributed by atoms with Crippen molar-refractivity contribution < 1.29 is 14.3 Å². The number of hydrogen-bond acceptors (Lipinski definition) is 5. The van der Waals surface area contributed by atoms with E-state index in [1.165, 1.54) is 11.3 Å². The first-order valence-electron chi connectivity index (χ1n) is 8.20. The second-order valence-electron chi connectivity index (χ2n) is 5.49. The maximum absolute atomic E-state index is 13.0. The van der Waals surface area contributed by atoms with Gasteiger partial charge in [0.1, 0.15) is 0 Å². The lowest BCUT2D eigenvalue weighted by molar-refractivity contribution is 0.0526. The van der Waals surface area contributed by atoms with Crippen LogP contribution in [0.5, 0.6) is 0 Å². The lowest BCUT2D eigenvalue weighted by Crippen LogP contribution is -2.29. The van der Waals surface area contributed by atoms with Crippen LogP contribution in [0.15, 0.2) is 66.3 Å². The summed E-state index contributed by atoms with van der Waals surface area (Å²) in [5, 5.41) is 1.88. The number of benzene rings is 1. The summed E-state index contributed by atoms with van der Waals surface area (Å²) in [4.78, 5) is 31.2. The molecule has 0 aliphatic heterocycles. The average Bonchev–Trinajstić information content (AvgIpc) is 3.22. The van der Waals surface area contributed by atoms with E-state index in [0.717, 1.165) is 5.56 Å². The second-order valence-corrected chi connectivity index (χ2v) is 6.44. The van der Waals surface area contributed by atoms with Gasteiger partial charge in [0.2, 0.25) is 0 Å². The van der Waals surface area contributed by atoms with Crippen LogP contribution in [-0.4, -0.2) is 23.5 Å². The normalized spacial score (nSPS) is 10.3. The van der Waals surface area contributed by atoms with Crippen molar-refractivity contribution >= 4 is 28.9 Å². The number of anilines is 1. The third-order valence-corrected chi connectivity index (χ3v) is 4.62. The zero-order valence-electron chi connectivity index (χ0n) is 14.3. The first-order valence-corrected chi connectivity index (χ1v) is 9.08. The molecule has 0 bridgehead atoms. The van der Waals surface area contributed by atoms with Crippen LogP contribution in [0.25, 0.3) is 0 Å². The van der Waals surface area contributed by atoms with Gasteiger partial charge in [0.25, 0.3) is 5.91 Å². The molecule has 0 unspecified atom stereocenters. The van der Waals surface area contributed by atoms with Crippen molar-refractivity contribution in [3.63, 3.8) is 0 Å². The van der Waals surface area contributed by atoms with Crippen LogP contribution < -0.4 is 4.90 Å². The molecule has 0 aliphatic rings. The molecule has 2 heterocycles. The fourth-order valence-electron chi connectivity index (χ4n) is 2.48. The van der Waals surface area contributed by atoms with Crippen LogP contribution in [0.1, 0.15) is 32.5 Å². The Hall–Kier alpha value is -2.99. The van der Waals surface area contributed by atoms with Crippen LogP contribution in [0.2, 0.25) is 0 Å². The van der Waals surface area contributed by atoms with Crippen LogP contribution in [0.3, 0.4) is 0 Å². The van der Waals surface area contributed by atoms with Crippen molar-refractivity contribution in [1.82, 2.24) is 4.98 Å². The molecule has 26 heavy (non-hydrogen) atoms. The van der Waals surface area contributed by atoms with Gasteiger partial charge < -0.3 is 9.64 Å². The first-order chi connectivity index (χ1) is 12.7. The molecule has 1 aromatic carbocycles. The number of carbonyl (C=O) groups is 2. The van der Waals surface area contributed by atoms with E-state index in [9.17, 15) is 9.59 Å². The zero-order chi connectivity index (χ0) is 18.4. The molecule has 2 aromatic heterocycles. The summed E-state index contributed by atoms with van der Waals surface area (Å²) < 4.78 is 5.01. The number of amides is 1. The number of pyridine rings is 1. The Bertz CT molecular complexity index is 862. The summed E-state index contributed by atoms with van der Waals surface area (Å²) in [5.41, 5.74) is 2.15. The van der Waals surface area contributed by atoms with E-state index in [0.29, 0.717) is 29.3 Å². The van der Waals surface area contributed by atoms with E-state index in [1.807, 2.05) is 23.6 Å². The van der Waals surface area contributed by atoms with E-state index in [2.05, 4.69) is 4.98 Å². The van der Waals surface area contributed by atoms with Crippen molar-refractivity contribution in [3.05, 3.63) is 82.3 Å². The maximum Gasteiger partial charge on any atom is 0.338 e. The SMILES string of the molecule is CCOC(=O)c1ccc(N(Cc2ccncc2)C(=O)c2cccs2)cc1. The molecular formula is C20H18N2O3S. The predicted molar refractivity (Wildman–Crippen MR) is 101 cm³/mol. The van der Waals surface area contributed by atoms with Gasteiger partial charge in [-0.15, -0.1) is 11.3 Å². The van der Waals surface area contributed by atoms with Gasteiger partial charge in [0, 0.05) is 18.1 Å². The second kappa shape index (κ2) is 8.40. The summed E-state index contributed by atoms with van der Waals surface area (Å²) in [6, 6.07) is 14.3. The fraction of sp³-hybridized carbons (Fsp3) is 0.150. The lowest BCUT2D eigenvalue weighted by atomic mass is 10.1. The summed E-state index contributed by atoms with van der Waals surface area (Å²) in [6.45, 7) is 2.51. The first kappa shape index (κ1) is 17.8. The van der Waals surface area contributed by atoms with Crippen LogP contribution in [0, 0.1) is 0 Å². The molecular weight excluding hydrogens is 348 g/mol. The number of aromatic nitrogens is 1. The minimum absolute atomic E-state index is 0.0827. The molecule has 0 fully saturated rings. The Kier molecular flexibility index (Phi) is 5.76. The van der Waals surface area contributed by atoms with E-state index in [1.54, 1.807) is 54.5 Å². The van der Waals surface area contributed by atoms with Crippen LogP contribution in [-0.2, 0) is 11.3 Å². The molecule has 0 saturated carbocycles. The largest absolute Gasteiger partial charge is 0.462 e. The molecule has 6 heteroatoms. The smallest absolute Gasteiger partial charge is 0.338 e. The molecule has 5 nitrogen and oxygen atoms in total. The van der Waals surface area contributed by atoms with E-state index in [-0.39, 0.29) is 11.9 Å². The van der Waals surface area contributed by atoms with Crippen molar-refractivity contribution in [2.75, 3.05) is 11.5 Å². The van der Waals surface area contributed by atoms with Crippen molar-refractivity contribution in [3.8, 4) is 0 Å². The number of hydrogen-bond donors (Lipinski definition) is 0. The number of nitrogens with zero attached hydrogens (tertiary/aromatic N) is 2. The number of thiophene rings is 1. The standard InChI is InChI=1S/C20H18N2O3S/c1-2-25-20(24)16-5-7-17(8-6-16)22(14-15-9-11-21-12-10-15)19(23)18-4-3-13-26-18/h3-13H,2,14H2,1H3. The van der Waals surface area contributed by atoms with Gasteiger partial charge in [-0.1, -0.05) is 6.07 Å². The lowest BCUT2D eigenvalue weighted by Gasteiger charge is -2.22. The Morgan fingerprint density at radius 2 is 1.81 bits per heavy atom. The Labute approximate surface area is 155 Å². The summed E-state index contributed by atoms with van der Waals surface area (Å²) in [7, 11) is 0. The van der Waals surface area contributed by atoms with Crippen molar-refractivity contribution in [2.24, 2.45) is 0 Å². The Balaban J connectivity index is 1.90. The third kappa shape index (κ3) is 4.15. The Morgan fingerprint density at radius 1 is 1.08 bits per heavy atom. The van der Waals surface area contributed by atoms with Gasteiger partial charge in [-0.2, -0.15) is 0 Å². The Morgan fingerprint density at radius 3 is 2.42 bits per heavy atom. The highest BCUT2D eigenvalue weighted by molar-refractivity contribution is 7.12. The number of esters is 1. The molecule has 132 valence electrons. The molecule has 0 radical (unpaired) electrons. The summed E-state index contributed by atoms with van der Waals surface area (Å²) >= 11 is 1.40. The van der Waals surface area contributed by atoms with Crippen LogP contribution in [0.4, 0.5) is 5.69 Å². The highest BCUT2D eigenvalue weighted by Crippen LogP contribution is 2.23. The molecule has 3 aromatic rings. The van der Waals surface area contributed by atoms with Gasteiger partial charge in [-0.25, -0.2) is 4.79 Å². The van der Waals surface area contributed by atoms with Gasteiger partial charge in [-0.05, 0) is 60.3 Å². The minimum atomic E-state index is -0.371. The topological polar surface area (TPSA) is 59.5 Å². The molecule has 0 spiro atoms. The van der Waals surface area contributed by atoms with E-state index < -0.39 is 0 Å². The van der Waals surface area contributed by atoms with Crippen molar-refractivity contribution in [2.45, 2.75) is 13.5 Å². The maximum atomic E-state index is 13.0. The molecule has 0 atom stereocenters. The summed E-state index contributed by atoms with van der Waals surface area (Å²) in [5.74, 6) is -0.454. The van der Waals surface area contributed by atoms with Crippen LogP contribution >= 0.6 is 11.3 Å². The third-order valence-electron chi connectivity index (χ3n) is 3.76. The fourth-order valence-corrected chi connectivity index (χ4v) is 3.15. The monoisotopic (exact) mass is 366 g/mol.